The van der Waals surface area contributed by atoms with Gasteiger partial charge in [0, 0.05) is 12.7 Å². The third-order valence-corrected chi connectivity index (χ3v) is 5.08. The molecule has 0 N–H and O–H groups in total. The Morgan fingerprint density at radius 1 is 1.32 bits per heavy atom. The minimum Gasteiger partial charge on any atom is -0.497 e. The van der Waals surface area contributed by atoms with E-state index in [1.165, 1.54) is 33.3 Å². The summed E-state index contributed by atoms with van der Waals surface area (Å²) in [6.45, 7) is 2.02. The molecule has 2 rings (SSSR count). The van der Waals surface area contributed by atoms with Crippen LogP contribution in [0.2, 0.25) is 0 Å². The van der Waals surface area contributed by atoms with E-state index >= 15 is 0 Å². The number of hydrogen-bond donors (Lipinski definition) is 0. The Hall–Kier alpha value is -1.84. The molecule has 1 unspecified atom stereocenters. The fourth-order valence-corrected chi connectivity index (χ4v) is 3.55. The second kappa shape index (κ2) is 8.50. The number of rotatable bonds is 8. The lowest BCUT2D eigenvalue weighted by Crippen LogP contribution is -2.29. The normalized spacial score (nSPS) is 18.6. The fraction of sp³-hybridized carbons (Fsp3) is 0.562. The largest absolute Gasteiger partial charge is 0.497 e. The maximum Gasteiger partial charge on any atom is 0.336 e. The van der Waals surface area contributed by atoms with Crippen molar-refractivity contribution < 1.29 is 36.3 Å². The molecular formula is C16H22O8S. The van der Waals surface area contributed by atoms with Crippen molar-refractivity contribution in [2.24, 2.45) is 0 Å². The van der Waals surface area contributed by atoms with Crippen molar-refractivity contribution >= 4 is 16.1 Å². The van der Waals surface area contributed by atoms with Crippen LogP contribution in [0.15, 0.2) is 23.1 Å². The van der Waals surface area contributed by atoms with E-state index in [-0.39, 0.29) is 23.4 Å². The number of benzene rings is 1. The van der Waals surface area contributed by atoms with Crippen LogP contribution in [0.1, 0.15) is 19.8 Å². The van der Waals surface area contributed by atoms with Crippen LogP contribution >= 0.6 is 0 Å². The van der Waals surface area contributed by atoms with Crippen LogP contribution in [0.3, 0.4) is 0 Å². The first kappa shape index (κ1) is 19.5. The van der Waals surface area contributed by atoms with Gasteiger partial charge in [0.05, 0.1) is 20.3 Å². The van der Waals surface area contributed by atoms with Gasteiger partial charge in [-0.25, -0.2) is 4.79 Å². The van der Waals surface area contributed by atoms with Crippen molar-refractivity contribution in [2.45, 2.75) is 36.9 Å². The molecule has 0 saturated carbocycles. The van der Waals surface area contributed by atoms with Gasteiger partial charge >= 0.3 is 16.1 Å². The molecule has 25 heavy (non-hydrogen) atoms. The van der Waals surface area contributed by atoms with Crippen molar-refractivity contribution in [2.75, 3.05) is 27.4 Å². The van der Waals surface area contributed by atoms with Crippen molar-refractivity contribution in [3.8, 4) is 11.5 Å². The van der Waals surface area contributed by atoms with Crippen molar-refractivity contribution in [3.63, 3.8) is 0 Å². The van der Waals surface area contributed by atoms with Gasteiger partial charge in [0.2, 0.25) is 0 Å². The minimum absolute atomic E-state index is 0.0784. The maximum absolute atomic E-state index is 12.5. The zero-order chi connectivity index (χ0) is 18.4. The molecule has 0 amide bonds. The van der Waals surface area contributed by atoms with E-state index in [4.69, 9.17) is 23.1 Å². The fourth-order valence-electron chi connectivity index (χ4n) is 2.33. The monoisotopic (exact) mass is 374 g/mol. The highest BCUT2D eigenvalue weighted by molar-refractivity contribution is 7.87. The molecule has 1 aromatic rings. The molecule has 1 fully saturated rings. The summed E-state index contributed by atoms with van der Waals surface area (Å²) in [6, 6.07) is 4.26. The van der Waals surface area contributed by atoms with Gasteiger partial charge in [-0.3, -0.25) is 4.18 Å². The predicted octanol–water partition coefficient (Wildman–Crippen LogP) is 1.52. The molecule has 9 heteroatoms. The van der Waals surface area contributed by atoms with E-state index in [2.05, 4.69) is 0 Å². The molecule has 1 aromatic carbocycles. The number of methoxy groups -OCH3 is 2. The first-order valence-electron chi connectivity index (χ1n) is 7.81. The van der Waals surface area contributed by atoms with Gasteiger partial charge in [0.1, 0.15) is 23.0 Å². The molecule has 1 aliphatic heterocycles. The van der Waals surface area contributed by atoms with E-state index in [9.17, 15) is 13.2 Å². The lowest BCUT2D eigenvalue weighted by atomic mass is 10.2. The van der Waals surface area contributed by atoms with Crippen LogP contribution in [-0.4, -0.2) is 54.0 Å². The third kappa shape index (κ3) is 5.07. The minimum atomic E-state index is -4.25. The van der Waals surface area contributed by atoms with Gasteiger partial charge in [0.25, 0.3) is 0 Å². The van der Waals surface area contributed by atoms with Gasteiger partial charge in [0.15, 0.2) is 6.10 Å². The molecule has 2 atom stereocenters. The van der Waals surface area contributed by atoms with Crippen LogP contribution in [-0.2, 0) is 28.6 Å². The Labute approximate surface area is 147 Å². The van der Waals surface area contributed by atoms with E-state index in [0.717, 1.165) is 12.8 Å². The zero-order valence-electron chi connectivity index (χ0n) is 14.4. The molecular weight excluding hydrogens is 352 g/mol. The van der Waals surface area contributed by atoms with Gasteiger partial charge in [-0.15, -0.1) is 0 Å². The highest BCUT2D eigenvalue weighted by Crippen LogP contribution is 2.30. The maximum atomic E-state index is 12.5. The summed E-state index contributed by atoms with van der Waals surface area (Å²) in [7, 11) is -1.51. The van der Waals surface area contributed by atoms with E-state index in [0.29, 0.717) is 12.4 Å². The number of carbonyl (C=O) groups is 1. The van der Waals surface area contributed by atoms with Gasteiger partial charge in [-0.1, -0.05) is 0 Å². The second-order valence-electron chi connectivity index (χ2n) is 5.47. The Balaban J connectivity index is 2.05. The van der Waals surface area contributed by atoms with Gasteiger partial charge in [-0.05, 0) is 31.9 Å². The molecule has 0 aromatic heterocycles. The Morgan fingerprint density at radius 3 is 2.68 bits per heavy atom. The summed E-state index contributed by atoms with van der Waals surface area (Å²) >= 11 is 0. The van der Waals surface area contributed by atoms with Crippen LogP contribution in [0.5, 0.6) is 11.5 Å². The predicted molar refractivity (Wildman–Crippen MR) is 87.2 cm³/mol. The number of esters is 1. The molecule has 140 valence electrons. The lowest BCUT2D eigenvalue weighted by Gasteiger charge is -2.16. The van der Waals surface area contributed by atoms with Crippen molar-refractivity contribution in [1.29, 1.82) is 0 Å². The molecule has 1 saturated heterocycles. The summed E-state index contributed by atoms with van der Waals surface area (Å²) in [5.41, 5.74) is 0. The highest BCUT2D eigenvalue weighted by atomic mass is 32.2. The van der Waals surface area contributed by atoms with Crippen LogP contribution in [0, 0.1) is 0 Å². The average molecular weight is 374 g/mol. The molecule has 8 nitrogen and oxygen atoms in total. The average Bonchev–Trinajstić information content (AvgIpc) is 3.12. The molecule has 0 bridgehead atoms. The SMILES string of the molecule is COc1ccc(OC)c(S(=O)(=O)OC(C)C(=O)OC[C@@H]2CCCO2)c1. The van der Waals surface area contributed by atoms with E-state index < -0.39 is 22.2 Å². The van der Waals surface area contributed by atoms with Gasteiger partial charge < -0.3 is 18.9 Å². The highest BCUT2D eigenvalue weighted by Gasteiger charge is 2.29. The Bertz CT molecular complexity index is 694. The van der Waals surface area contributed by atoms with E-state index in [1.807, 2.05) is 0 Å². The summed E-state index contributed by atoms with van der Waals surface area (Å²) in [4.78, 5) is 11.7. The standard InChI is InChI=1S/C16H22O8S/c1-11(16(17)23-10-13-5-4-8-22-13)24-25(18,19)15-9-12(20-2)6-7-14(15)21-3/h6-7,9,11,13H,4-5,8,10H2,1-3H3/t11?,13-/m0/s1. The number of carbonyl (C=O) groups excluding carboxylic acids is 1. The summed E-state index contributed by atoms with van der Waals surface area (Å²) in [5, 5.41) is 0. The number of hydrogen-bond acceptors (Lipinski definition) is 8. The Morgan fingerprint density at radius 2 is 2.08 bits per heavy atom. The summed E-state index contributed by atoms with van der Waals surface area (Å²) < 4.78 is 50.4. The lowest BCUT2D eigenvalue weighted by molar-refractivity contribution is -0.154. The third-order valence-electron chi connectivity index (χ3n) is 3.68. The molecule has 1 heterocycles. The van der Waals surface area contributed by atoms with Crippen LogP contribution in [0.25, 0.3) is 0 Å². The van der Waals surface area contributed by atoms with Crippen molar-refractivity contribution in [3.05, 3.63) is 18.2 Å². The molecule has 0 radical (unpaired) electrons. The smallest absolute Gasteiger partial charge is 0.336 e. The molecule has 0 aliphatic carbocycles. The van der Waals surface area contributed by atoms with Crippen molar-refractivity contribution in [1.82, 2.24) is 0 Å². The second-order valence-corrected chi connectivity index (χ2v) is 7.01. The topological polar surface area (TPSA) is 97.4 Å². The zero-order valence-corrected chi connectivity index (χ0v) is 15.2. The van der Waals surface area contributed by atoms with E-state index in [1.54, 1.807) is 6.07 Å². The first-order valence-corrected chi connectivity index (χ1v) is 9.21. The van der Waals surface area contributed by atoms with Crippen LogP contribution < -0.4 is 9.47 Å². The first-order chi connectivity index (χ1) is 11.9. The quantitative estimate of drug-likeness (QED) is 0.499. The summed E-state index contributed by atoms with van der Waals surface area (Å²) in [5.74, 6) is -0.377. The molecule has 0 spiro atoms. The number of ether oxygens (including phenoxy) is 4. The summed E-state index contributed by atoms with van der Waals surface area (Å²) in [6.07, 6.45) is 0.272. The Kier molecular flexibility index (Phi) is 6.63. The van der Waals surface area contributed by atoms with Gasteiger partial charge in [-0.2, -0.15) is 8.42 Å². The van der Waals surface area contributed by atoms with Crippen LogP contribution in [0.4, 0.5) is 0 Å². The molecule has 1 aliphatic rings.